The summed E-state index contributed by atoms with van der Waals surface area (Å²) < 4.78 is 0. The number of thiophene rings is 1. The molecule has 0 aromatic carbocycles. The smallest absolute Gasteiger partial charge is 0.319 e. The van der Waals surface area contributed by atoms with Crippen LogP contribution in [0.1, 0.15) is 12.0 Å². The van der Waals surface area contributed by atoms with Crippen LogP contribution in [-0.4, -0.2) is 36.5 Å². The van der Waals surface area contributed by atoms with Gasteiger partial charge in [-0.05, 0) is 38.0 Å². The van der Waals surface area contributed by atoms with E-state index in [2.05, 4.69) is 10.2 Å². The molecule has 7 heteroatoms. The van der Waals surface area contributed by atoms with Gasteiger partial charge in [-0.2, -0.15) is 0 Å². The molecule has 1 N–H and O–H groups in total. The van der Waals surface area contributed by atoms with Gasteiger partial charge >= 0.3 is 5.00 Å². The summed E-state index contributed by atoms with van der Waals surface area (Å²) in [7, 11) is 1.98. The lowest BCUT2D eigenvalue weighted by Crippen LogP contribution is -2.24. The number of hydrogen-bond donors (Lipinski definition) is 1. The van der Waals surface area contributed by atoms with Crippen LogP contribution in [0, 0.1) is 16.0 Å². The fraction of sp³-hybridized carbons (Fsp3) is 0.636. The van der Waals surface area contributed by atoms with E-state index < -0.39 is 0 Å². The Kier molecular flexibility index (Phi) is 6.01. The molecule has 0 radical (unpaired) electrons. The third-order valence-corrected chi connectivity index (χ3v) is 4.02. The molecule has 1 aliphatic rings. The van der Waals surface area contributed by atoms with Crippen LogP contribution < -0.4 is 5.32 Å². The maximum Gasteiger partial charge on any atom is 0.324 e. The summed E-state index contributed by atoms with van der Waals surface area (Å²) in [6.45, 7) is 4.07. The average molecular weight is 292 g/mol. The zero-order chi connectivity index (χ0) is 12.3. The second-order valence-corrected chi connectivity index (χ2v) is 5.39. The molecular formula is C11H18ClN3O2S. The van der Waals surface area contributed by atoms with E-state index in [-0.39, 0.29) is 22.3 Å². The highest BCUT2D eigenvalue weighted by Gasteiger charge is 2.22. The van der Waals surface area contributed by atoms with E-state index in [1.54, 1.807) is 6.07 Å². The lowest BCUT2D eigenvalue weighted by Gasteiger charge is -2.14. The molecule has 0 amide bonds. The number of hydrogen-bond acceptors (Lipinski definition) is 5. The molecule has 0 bridgehead atoms. The van der Waals surface area contributed by atoms with Crippen molar-refractivity contribution < 1.29 is 4.92 Å². The van der Waals surface area contributed by atoms with Crippen LogP contribution in [0.3, 0.4) is 0 Å². The molecule has 1 saturated heterocycles. The SMILES string of the molecule is CNCC1CCN(Cc2csc([N+](=O)[O-])c2)C1.Cl. The van der Waals surface area contributed by atoms with Crippen LogP contribution in [0.5, 0.6) is 0 Å². The van der Waals surface area contributed by atoms with Crippen LogP contribution in [0.4, 0.5) is 5.00 Å². The molecule has 0 saturated carbocycles. The molecule has 1 aromatic heterocycles. The zero-order valence-electron chi connectivity index (χ0n) is 10.3. The molecule has 1 fully saturated rings. The lowest BCUT2D eigenvalue weighted by atomic mass is 10.1. The molecule has 102 valence electrons. The van der Waals surface area contributed by atoms with Crippen molar-refractivity contribution in [3.05, 3.63) is 27.1 Å². The largest absolute Gasteiger partial charge is 0.324 e. The maximum atomic E-state index is 10.6. The van der Waals surface area contributed by atoms with Crippen LogP contribution in [0.2, 0.25) is 0 Å². The van der Waals surface area contributed by atoms with E-state index in [9.17, 15) is 10.1 Å². The van der Waals surface area contributed by atoms with Crippen molar-refractivity contribution in [2.75, 3.05) is 26.7 Å². The molecule has 1 atom stereocenters. The summed E-state index contributed by atoms with van der Waals surface area (Å²) in [6, 6.07) is 1.69. The van der Waals surface area contributed by atoms with E-state index in [4.69, 9.17) is 0 Å². The third kappa shape index (κ3) is 3.91. The van der Waals surface area contributed by atoms with E-state index in [0.29, 0.717) is 5.92 Å². The highest BCUT2D eigenvalue weighted by Crippen LogP contribution is 2.25. The Bertz CT molecular complexity index is 399. The predicted molar refractivity (Wildman–Crippen MR) is 75.5 cm³/mol. The Labute approximate surface area is 117 Å². The molecule has 2 heterocycles. The summed E-state index contributed by atoms with van der Waals surface area (Å²) in [5, 5.41) is 15.9. The van der Waals surface area contributed by atoms with Crippen LogP contribution >= 0.6 is 23.7 Å². The molecule has 1 aliphatic heterocycles. The van der Waals surface area contributed by atoms with Crippen molar-refractivity contribution >= 4 is 28.7 Å². The number of nitrogens with one attached hydrogen (secondary N) is 1. The maximum absolute atomic E-state index is 10.6. The minimum Gasteiger partial charge on any atom is -0.319 e. The Morgan fingerprint density at radius 1 is 1.67 bits per heavy atom. The molecule has 5 nitrogen and oxygen atoms in total. The Morgan fingerprint density at radius 2 is 2.44 bits per heavy atom. The van der Waals surface area contributed by atoms with Crippen molar-refractivity contribution in [1.82, 2.24) is 10.2 Å². The summed E-state index contributed by atoms with van der Waals surface area (Å²) in [5.74, 6) is 0.716. The lowest BCUT2D eigenvalue weighted by molar-refractivity contribution is -0.380. The van der Waals surface area contributed by atoms with Gasteiger partial charge in [0.2, 0.25) is 0 Å². The fourth-order valence-corrected chi connectivity index (χ4v) is 3.03. The van der Waals surface area contributed by atoms with Crippen LogP contribution in [-0.2, 0) is 6.54 Å². The highest BCUT2D eigenvalue weighted by molar-refractivity contribution is 7.13. The molecule has 0 aliphatic carbocycles. The standard InChI is InChI=1S/C11H17N3O2S.ClH/c1-12-5-9-2-3-13(6-9)7-10-4-11(14(15)16)17-8-10;/h4,8-9,12H,2-3,5-7H2,1H3;1H. The van der Waals surface area contributed by atoms with Gasteiger partial charge in [0.05, 0.1) is 4.92 Å². The minimum atomic E-state index is -0.318. The molecule has 1 unspecified atom stereocenters. The minimum absolute atomic E-state index is 0. The molecule has 18 heavy (non-hydrogen) atoms. The molecule has 2 rings (SSSR count). The van der Waals surface area contributed by atoms with Crippen LogP contribution in [0.25, 0.3) is 0 Å². The van der Waals surface area contributed by atoms with Crippen LogP contribution in [0.15, 0.2) is 11.4 Å². The quantitative estimate of drug-likeness (QED) is 0.667. The van der Waals surface area contributed by atoms with Gasteiger partial charge in [-0.15, -0.1) is 12.4 Å². The second kappa shape index (κ2) is 7.04. The van der Waals surface area contributed by atoms with E-state index in [0.717, 1.165) is 31.7 Å². The first kappa shape index (κ1) is 15.4. The average Bonchev–Trinajstić information content (AvgIpc) is 2.89. The molecule has 1 aromatic rings. The van der Waals surface area contributed by atoms with Crippen molar-refractivity contribution in [2.45, 2.75) is 13.0 Å². The van der Waals surface area contributed by atoms with Gasteiger partial charge in [0, 0.05) is 24.5 Å². The molecule has 0 spiro atoms. The van der Waals surface area contributed by atoms with Gasteiger partial charge in [0.25, 0.3) is 0 Å². The van der Waals surface area contributed by atoms with E-state index >= 15 is 0 Å². The fourth-order valence-electron chi connectivity index (χ4n) is 2.31. The van der Waals surface area contributed by atoms with Gasteiger partial charge in [0.1, 0.15) is 0 Å². The Hall–Kier alpha value is -0.690. The summed E-state index contributed by atoms with van der Waals surface area (Å²) in [6.07, 6.45) is 1.22. The summed E-state index contributed by atoms with van der Waals surface area (Å²) >= 11 is 1.21. The van der Waals surface area contributed by atoms with Gasteiger partial charge in [0.15, 0.2) is 0 Å². The number of halogens is 1. The Morgan fingerprint density at radius 3 is 3.06 bits per heavy atom. The number of rotatable bonds is 5. The zero-order valence-corrected chi connectivity index (χ0v) is 11.9. The number of nitrogens with zero attached hydrogens (tertiary/aromatic N) is 2. The van der Waals surface area contributed by atoms with E-state index in [1.165, 1.54) is 17.8 Å². The van der Waals surface area contributed by atoms with Gasteiger partial charge in [-0.1, -0.05) is 11.3 Å². The first-order chi connectivity index (χ1) is 8.19. The van der Waals surface area contributed by atoms with E-state index in [1.807, 2.05) is 12.4 Å². The first-order valence-electron chi connectivity index (χ1n) is 5.78. The van der Waals surface area contributed by atoms with Crippen molar-refractivity contribution in [1.29, 1.82) is 0 Å². The summed E-state index contributed by atoms with van der Waals surface area (Å²) in [4.78, 5) is 12.6. The third-order valence-electron chi connectivity index (χ3n) is 3.09. The monoisotopic (exact) mass is 291 g/mol. The second-order valence-electron chi connectivity index (χ2n) is 4.50. The highest BCUT2D eigenvalue weighted by atomic mass is 35.5. The predicted octanol–water partition coefficient (Wildman–Crippen LogP) is 2.12. The summed E-state index contributed by atoms with van der Waals surface area (Å²) in [5.41, 5.74) is 1.06. The first-order valence-corrected chi connectivity index (χ1v) is 6.65. The van der Waals surface area contributed by atoms with Crippen molar-refractivity contribution in [3.63, 3.8) is 0 Å². The normalized spacial score (nSPS) is 19.7. The molecular weight excluding hydrogens is 274 g/mol. The number of nitro groups is 1. The van der Waals surface area contributed by atoms with Gasteiger partial charge in [-0.3, -0.25) is 15.0 Å². The van der Waals surface area contributed by atoms with Crippen molar-refractivity contribution in [2.24, 2.45) is 5.92 Å². The van der Waals surface area contributed by atoms with Gasteiger partial charge < -0.3 is 5.32 Å². The van der Waals surface area contributed by atoms with Gasteiger partial charge in [-0.25, -0.2) is 0 Å². The topological polar surface area (TPSA) is 58.4 Å². The Balaban J connectivity index is 0.00000162. The van der Waals surface area contributed by atoms with Crippen molar-refractivity contribution in [3.8, 4) is 0 Å². The number of likely N-dealkylation sites (tertiary alicyclic amines) is 1.